The molecular formula is C28H28ClFN6O4S. The van der Waals surface area contributed by atoms with E-state index in [1.54, 1.807) is 24.4 Å². The van der Waals surface area contributed by atoms with Crippen LogP contribution >= 0.6 is 11.6 Å². The van der Waals surface area contributed by atoms with E-state index >= 15 is 4.39 Å². The molecule has 1 fully saturated rings. The summed E-state index contributed by atoms with van der Waals surface area (Å²) in [5.74, 6) is 0.799. The van der Waals surface area contributed by atoms with Crippen LogP contribution in [-0.4, -0.2) is 57.8 Å². The van der Waals surface area contributed by atoms with E-state index in [2.05, 4.69) is 15.0 Å². The minimum atomic E-state index is -1.60. The molecule has 6 rings (SSSR count). The Morgan fingerprint density at radius 3 is 2.80 bits per heavy atom. The second-order valence-corrected chi connectivity index (χ2v) is 11.7. The number of nitrogens with two attached hydrogens (primary N) is 1. The van der Waals surface area contributed by atoms with Crippen molar-refractivity contribution in [2.24, 2.45) is 0 Å². The Bertz CT molecular complexity index is 1640. The first-order chi connectivity index (χ1) is 19.8. The Labute approximate surface area is 244 Å². The Hall–Kier alpha value is -3.45. The number of hydrogen-bond donors (Lipinski definition) is 1. The Morgan fingerprint density at radius 2 is 2.10 bits per heavy atom. The average molecular weight is 599 g/mol. The molecule has 0 spiro atoms. The summed E-state index contributed by atoms with van der Waals surface area (Å²) in [6.45, 7) is 2.55. The highest BCUT2D eigenvalue weighted by Crippen LogP contribution is 2.50. The molecule has 1 aromatic carbocycles. The number of methoxy groups -OCH3 is 1. The van der Waals surface area contributed by atoms with Crippen LogP contribution in [0.15, 0.2) is 35.6 Å². The summed E-state index contributed by atoms with van der Waals surface area (Å²) >= 11 is 5.10. The molecule has 0 saturated heterocycles. The molecule has 1 aliphatic heterocycles. The SMILES string of the molecule is COCOc1cc(Cl)c(C2CC2)c(-c2nc3c4c(nc([S+](C)[O-])nc4c2F)N(C(C)c2cccnc2N)CCO3)c1. The molecule has 10 nitrogen and oxygen atoms in total. The fourth-order valence-corrected chi connectivity index (χ4v) is 5.98. The standard InChI is InChI=1S/C28H28ClFN6O4S/c1-14(17-5-4-8-32-25(17)31)36-9-10-39-27-21-24(34-28(41(3)37)35-26(21)36)22(30)23(33-27)18-11-16(40-13-38-2)12-19(29)20(18)15-6-7-15/h4-5,8,11-12,14-15H,6-7,9-10,13H2,1-3H3,(H2,31,32). The maximum absolute atomic E-state index is 16.7. The molecule has 1 saturated carbocycles. The lowest BCUT2D eigenvalue weighted by Gasteiger charge is -2.30. The second kappa shape index (κ2) is 11.1. The van der Waals surface area contributed by atoms with Gasteiger partial charge in [0.1, 0.15) is 41.0 Å². The van der Waals surface area contributed by atoms with E-state index in [1.165, 1.54) is 13.4 Å². The number of pyridine rings is 2. The van der Waals surface area contributed by atoms with E-state index in [1.807, 2.05) is 17.9 Å². The van der Waals surface area contributed by atoms with Crippen molar-refractivity contribution in [3.8, 4) is 22.9 Å². The van der Waals surface area contributed by atoms with Gasteiger partial charge in [0.2, 0.25) is 5.88 Å². The molecule has 4 heterocycles. The van der Waals surface area contributed by atoms with Gasteiger partial charge in [-0.1, -0.05) is 17.7 Å². The summed E-state index contributed by atoms with van der Waals surface area (Å²) in [4.78, 5) is 19.9. The van der Waals surface area contributed by atoms with Gasteiger partial charge in [-0.15, -0.1) is 0 Å². The van der Waals surface area contributed by atoms with Gasteiger partial charge >= 0.3 is 5.16 Å². The van der Waals surface area contributed by atoms with Crippen molar-refractivity contribution >= 4 is 45.3 Å². The molecular weight excluding hydrogens is 571 g/mol. The maximum atomic E-state index is 16.7. The normalized spacial score (nSPS) is 16.3. The molecule has 1 aliphatic carbocycles. The van der Waals surface area contributed by atoms with Crippen molar-refractivity contribution < 1.29 is 23.2 Å². The lowest BCUT2D eigenvalue weighted by molar-refractivity contribution is 0.0511. The third kappa shape index (κ3) is 5.09. The second-order valence-electron chi connectivity index (χ2n) is 9.97. The highest BCUT2D eigenvalue weighted by molar-refractivity contribution is 7.90. The van der Waals surface area contributed by atoms with Crippen molar-refractivity contribution in [3.05, 3.63) is 52.4 Å². The first-order valence-electron chi connectivity index (χ1n) is 13.1. The van der Waals surface area contributed by atoms with Gasteiger partial charge < -0.3 is 29.4 Å². The third-order valence-electron chi connectivity index (χ3n) is 7.29. The molecule has 4 aromatic rings. The molecule has 3 aromatic heterocycles. The summed E-state index contributed by atoms with van der Waals surface area (Å²) in [6, 6.07) is 6.77. The molecule has 0 amide bonds. The van der Waals surface area contributed by atoms with Crippen molar-refractivity contribution in [2.45, 2.75) is 36.9 Å². The Kier molecular flexibility index (Phi) is 7.49. The van der Waals surface area contributed by atoms with E-state index in [-0.39, 0.29) is 53.0 Å². The minimum Gasteiger partial charge on any atom is -0.609 e. The van der Waals surface area contributed by atoms with Gasteiger partial charge in [0.25, 0.3) is 0 Å². The number of nitrogens with zero attached hydrogens (tertiary/aromatic N) is 5. The zero-order valence-corrected chi connectivity index (χ0v) is 24.3. The summed E-state index contributed by atoms with van der Waals surface area (Å²) in [5.41, 5.74) is 8.22. The number of rotatable bonds is 8. The van der Waals surface area contributed by atoms with Crippen molar-refractivity contribution in [1.82, 2.24) is 19.9 Å². The lowest BCUT2D eigenvalue weighted by Crippen LogP contribution is -2.31. The molecule has 2 N–H and O–H groups in total. The fraction of sp³-hybridized carbons (Fsp3) is 0.357. The van der Waals surface area contributed by atoms with Crippen LogP contribution in [0.25, 0.3) is 22.2 Å². The van der Waals surface area contributed by atoms with Crippen LogP contribution in [0.4, 0.5) is 16.0 Å². The van der Waals surface area contributed by atoms with Crippen LogP contribution in [0.3, 0.4) is 0 Å². The molecule has 0 radical (unpaired) electrons. The van der Waals surface area contributed by atoms with E-state index < -0.39 is 17.0 Å². The zero-order valence-electron chi connectivity index (χ0n) is 22.7. The monoisotopic (exact) mass is 598 g/mol. The van der Waals surface area contributed by atoms with E-state index in [0.717, 1.165) is 24.0 Å². The number of hydrogen-bond acceptors (Lipinski definition) is 10. The Morgan fingerprint density at radius 1 is 1.29 bits per heavy atom. The van der Waals surface area contributed by atoms with E-state index in [4.69, 9.17) is 36.5 Å². The van der Waals surface area contributed by atoms with Crippen LogP contribution in [0.2, 0.25) is 5.02 Å². The van der Waals surface area contributed by atoms with Crippen LogP contribution in [-0.2, 0) is 15.9 Å². The fourth-order valence-electron chi connectivity index (χ4n) is 5.18. The minimum absolute atomic E-state index is 0.00172. The molecule has 41 heavy (non-hydrogen) atoms. The number of halogens is 2. The lowest BCUT2D eigenvalue weighted by atomic mass is 9.98. The summed E-state index contributed by atoms with van der Waals surface area (Å²) < 4.78 is 46.2. The summed E-state index contributed by atoms with van der Waals surface area (Å²) in [5, 5.41) is 0.737. The van der Waals surface area contributed by atoms with Crippen LogP contribution < -0.4 is 20.1 Å². The van der Waals surface area contributed by atoms with Crippen molar-refractivity contribution in [3.63, 3.8) is 0 Å². The van der Waals surface area contributed by atoms with Gasteiger partial charge in [0.15, 0.2) is 18.4 Å². The zero-order chi connectivity index (χ0) is 28.8. The molecule has 0 bridgehead atoms. The summed E-state index contributed by atoms with van der Waals surface area (Å²) in [7, 11) is 1.51. The highest BCUT2D eigenvalue weighted by Gasteiger charge is 2.35. The number of nitrogen functional groups attached to an aromatic ring is 1. The highest BCUT2D eigenvalue weighted by atomic mass is 35.5. The van der Waals surface area contributed by atoms with Crippen LogP contribution in [0.5, 0.6) is 11.6 Å². The Balaban J connectivity index is 1.59. The molecule has 2 aliphatic rings. The first-order valence-corrected chi connectivity index (χ1v) is 15.0. The quantitative estimate of drug-likeness (QED) is 0.167. The number of benzene rings is 1. The predicted molar refractivity (Wildman–Crippen MR) is 154 cm³/mol. The van der Waals surface area contributed by atoms with Crippen LogP contribution in [0.1, 0.15) is 42.9 Å². The average Bonchev–Trinajstić information content (AvgIpc) is 3.81. The number of ether oxygens (including phenoxy) is 3. The molecule has 214 valence electrons. The molecule has 2 unspecified atom stereocenters. The predicted octanol–water partition coefficient (Wildman–Crippen LogP) is 5.02. The molecule has 2 atom stereocenters. The number of anilines is 2. The van der Waals surface area contributed by atoms with Gasteiger partial charge in [-0.3, -0.25) is 0 Å². The first kappa shape index (κ1) is 27.7. The topological polar surface area (TPSA) is 132 Å². The largest absolute Gasteiger partial charge is 0.609 e. The van der Waals surface area contributed by atoms with Crippen LogP contribution in [0, 0.1) is 5.82 Å². The van der Waals surface area contributed by atoms with Gasteiger partial charge in [0.05, 0.1) is 12.6 Å². The number of aromatic nitrogens is 4. The smallest absolute Gasteiger partial charge is 0.345 e. The van der Waals surface area contributed by atoms with Crippen molar-refractivity contribution in [2.75, 3.05) is 43.9 Å². The van der Waals surface area contributed by atoms with Gasteiger partial charge in [-0.05, 0) is 49.4 Å². The van der Waals surface area contributed by atoms with Gasteiger partial charge in [-0.25, -0.2) is 14.4 Å². The van der Waals surface area contributed by atoms with Gasteiger partial charge in [0, 0.05) is 40.6 Å². The van der Waals surface area contributed by atoms with E-state index in [0.29, 0.717) is 34.5 Å². The third-order valence-corrected chi connectivity index (χ3v) is 8.30. The van der Waals surface area contributed by atoms with Crippen molar-refractivity contribution in [1.29, 1.82) is 0 Å². The van der Waals surface area contributed by atoms with Gasteiger partial charge in [-0.2, -0.15) is 9.97 Å². The van der Waals surface area contributed by atoms with E-state index in [9.17, 15) is 4.55 Å². The maximum Gasteiger partial charge on any atom is 0.345 e. The molecule has 13 heteroatoms. The summed E-state index contributed by atoms with van der Waals surface area (Å²) in [6.07, 6.45) is 4.93.